The summed E-state index contributed by atoms with van der Waals surface area (Å²) >= 11 is 5.93. The van der Waals surface area contributed by atoms with Gasteiger partial charge in [0, 0.05) is 10.6 Å². The molecule has 2 rings (SSSR count). The highest BCUT2D eigenvalue weighted by Crippen LogP contribution is 2.23. The van der Waals surface area contributed by atoms with Crippen LogP contribution in [0.1, 0.15) is 23.1 Å². The van der Waals surface area contributed by atoms with E-state index in [-0.39, 0.29) is 5.82 Å². The number of nitrogens with zero attached hydrogens (tertiary/aromatic N) is 2. The van der Waals surface area contributed by atoms with Gasteiger partial charge in [0.25, 0.3) is 0 Å². The average Bonchev–Trinajstić information content (AvgIpc) is 2.82. The Balaban J connectivity index is 2.35. The SMILES string of the molecule is CCOC(=O)c1nc(-c2cc(Cl)ccc2C)n[nH]1. The second-order valence-electron chi connectivity index (χ2n) is 3.69. The molecule has 6 heteroatoms. The predicted octanol–water partition coefficient (Wildman–Crippen LogP) is 2.61. The van der Waals surface area contributed by atoms with Crippen LogP contribution in [0, 0.1) is 6.92 Å². The van der Waals surface area contributed by atoms with Crippen molar-refractivity contribution in [3.8, 4) is 11.4 Å². The Hall–Kier alpha value is -1.88. The Morgan fingerprint density at radius 1 is 1.50 bits per heavy atom. The molecule has 0 spiro atoms. The third-order valence-electron chi connectivity index (χ3n) is 2.39. The Bertz CT molecular complexity index is 580. The van der Waals surface area contributed by atoms with Crippen molar-refractivity contribution in [1.29, 1.82) is 0 Å². The number of carbonyl (C=O) groups excluding carboxylic acids is 1. The Kier molecular flexibility index (Phi) is 3.62. The molecule has 0 aliphatic heterocycles. The molecule has 0 saturated carbocycles. The quantitative estimate of drug-likeness (QED) is 0.866. The van der Waals surface area contributed by atoms with E-state index in [1.807, 2.05) is 13.0 Å². The number of nitrogens with one attached hydrogen (secondary N) is 1. The number of aryl methyl sites for hydroxylation is 1. The van der Waals surface area contributed by atoms with Gasteiger partial charge in [-0.3, -0.25) is 5.10 Å². The van der Waals surface area contributed by atoms with Crippen LogP contribution in [0.4, 0.5) is 0 Å². The summed E-state index contributed by atoms with van der Waals surface area (Å²) in [6.45, 7) is 3.95. The molecule has 0 atom stereocenters. The van der Waals surface area contributed by atoms with Crippen LogP contribution in [0.5, 0.6) is 0 Å². The highest BCUT2D eigenvalue weighted by atomic mass is 35.5. The number of rotatable bonds is 3. The lowest BCUT2D eigenvalue weighted by Gasteiger charge is -2.01. The van der Waals surface area contributed by atoms with Gasteiger partial charge in [0.05, 0.1) is 6.61 Å². The molecule has 0 aliphatic carbocycles. The fourth-order valence-corrected chi connectivity index (χ4v) is 1.68. The molecule has 0 unspecified atom stereocenters. The van der Waals surface area contributed by atoms with Crippen molar-refractivity contribution >= 4 is 17.6 Å². The summed E-state index contributed by atoms with van der Waals surface area (Å²) < 4.78 is 4.83. The van der Waals surface area contributed by atoms with Crippen molar-refractivity contribution in [2.75, 3.05) is 6.61 Å². The van der Waals surface area contributed by atoms with Crippen LogP contribution in [0.25, 0.3) is 11.4 Å². The van der Waals surface area contributed by atoms with Crippen LogP contribution >= 0.6 is 11.6 Å². The van der Waals surface area contributed by atoms with Gasteiger partial charge in [0.15, 0.2) is 5.82 Å². The molecule has 1 heterocycles. The highest BCUT2D eigenvalue weighted by Gasteiger charge is 2.15. The van der Waals surface area contributed by atoms with E-state index < -0.39 is 5.97 Å². The molecular formula is C12H12ClN3O2. The van der Waals surface area contributed by atoms with E-state index in [0.29, 0.717) is 17.5 Å². The summed E-state index contributed by atoms with van der Waals surface area (Å²) in [6, 6.07) is 5.42. The van der Waals surface area contributed by atoms with Gasteiger partial charge in [-0.1, -0.05) is 17.7 Å². The van der Waals surface area contributed by atoms with Gasteiger partial charge >= 0.3 is 5.97 Å². The van der Waals surface area contributed by atoms with E-state index in [1.54, 1.807) is 19.1 Å². The standard InChI is InChI=1S/C12H12ClN3O2/c1-3-18-12(17)11-14-10(15-16-11)9-6-8(13)5-4-7(9)2/h4-6H,3H2,1-2H3,(H,14,15,16). The number of hydrogen-bond donors (Lipinski definition) is 1. The number of ether oxygens (including phenoxy) is 1. The average molecular weight is 266 g/mol. The normalized spacial score (nSPS) is 10.4. The van der Waals surface area contributed by atoms with Crippen LogP contribution in [-0.2, 0) is 4.74 Å². The van der Waals surface area contributed by atoms with Crippen molar-refractivity contribution in [1.82, 2.24) is 15.2 Å². The number of benzene rings is 1. The molecule has 0 fully saturated rings. The van der Waals surface area contributed by atoms with Gasteiger partial charge < -0.3 is 4.74 Å². The first-order valence-electron chi connectivity index (χ1n) is 5.48. The lowest BCUT2D eigenvalue weighted by Crippen LogP contribution is -2.06. The van der Waals surface area contributed by atoms with E-state index >= 15 is 0 Å². The van der Waals surface area contributed by atoms with E-state index in [2.05, 4.69) is 15.2 Å². The summed E-state index contributed by atoms with van der Waals surface area (Å²) in [5.41, 5.74) is 1.77. The Morgan fingerprint density at radius 2 is 2.28 bits per heavy atom. The largest absolute Gasteiger partial charge is 0.460 e. The number of halogens is 1. The van der Waals surface area contributed by atoms with Gasteiger partial charge in [-0.15, -0.1) is 0 Å². The molecule has 0 radical (unpaired) electrons. The second-order valence-corrected chi connectivity index (χ2v) is 4.12. The summed E-state index contributed by atoms with van der Waals surface area (Å²) in [7, 11) is 0. The second kappa shape index (κ2) is 5.18. The number of hydrogen-bond acceptors (Lipinski definition) is 4. The van der Waals surface area contributed by atoms with Gasteiger partial charge in [0.1, 0.15) is 0 Å². The zero-order chi connectivity index (χ0) is 13.1. The predicted molar refractivity (Wildman–Crippen MR) is 67.5 cm³/mol. The molecule has 94 valence electrons. The summed E-state index contributed by atoms with van der Waals surface area (Å²) in [5.74, 6) is 0.000194. The number of aromatic amines is 1. The van der Waals surface area contributed by atoms with Crippen LogP contribution in [0.3, 0.4) is 0 Å². The first-order valence-corrected chi connectivity index (χ1v) is 5.85. The van der Waals surface area contributed by atoms with Gasteiger partial charge in [-0.25, -0.2) is 9.78 Å². The number of H-pyrrole nitrogens is 1. The lowest BCUT2D eigenvalue weighted by atomic mass is 10.1. The molecule has 18 heavy (non-hydrogen) atoms. The molecule has 1 N–H and O–H groups in total. The van der Waals surface area contributed by atoms with Crippen molar-refractivity contribution < 1.29 is 9.53 Å². The van der Waals surface area contributed by atoms with Crippen molar-refractivity contribution in [2.24, 2.45) is 0 Å². The Labute approximate surface area is 109 Å². The fraction of sp³-hybridized carbons (Fsp3) is 0.250. The fourth-order valence-electron chi connectivity index (χ4n) is 1.51. The van der Waals surface area contributed by atoms with Crippen LogP contribution in [-0.4, -0.2) is 27.8 Å². The number of aromatic nitrogens is 3. The van der Waals surface area contributed by atoms with Crippen molar-refractivity contribution in [3.05, 3.63) is 34.6 Å². The molecule has 0 saturated heterocycles. The monoisotopic (exact) mass is 265 g/mol. The number of carbonyl (C=O) groups is 1. The maximum Gasteiger partial charge on any atom is 0.375 e. The van der Waals surface area contributed by atoms with E-state index in [1.165, 1.54) is 0 Å². The van der Waals surface area contributed by atoms with E-state index in [9.17, 15) is 4.79 Å². The Morgan fingerprint density at radius 3 is 3.00 bits per heavy atom. The molecule has 0 aliphatic rings. The third-order valence-corrected chi connectivity index (χ3v) is 2.63. The van der Waals surface area contributed by atoms with E-state index in [4.69, 9.17) is 16.3 Å². The highest BCUT2D eigenvalue weighted by molar-refractivity contribution is 6.30. The van der Waals surface area contributed by atoms with Crippen molar-refractivity contribution in [2.45, 2.75) is 13.8 Å². The first kappa shape index (κ1) is 12.6. The maximum atomic E-state index is 11.5. The summed E-state index contributed by atoms with van der Waals surface area (Å²) in [5, 5.41) is 7.15. The summed E-state index contributed by atoms with van der Waals surface area (Å²) in [6.07, 6.45) is 0. The third kappa shape index (κ3) is 2.51. The van der Waals surface area contributed by atoms with Crippen LogP contribution in [0.15, 0.2) is 18.2 Å². The smallest absolute Gasteiger partial charge is 0.375 e. The van der Waals surface area contributed by atoms with Crippen molar-refractivity contribution in [3.63, 3.8) is 0 Å². The topological polar surface area (TPSA) is 67.9 Å². The first-order chi connectivity index (χ1) is 8.61. The summed E-state index contributed by atoms with van der Waals surface area (Å²) in [4.78, 5) is 15.6. The van der Waals surface area contributed by atoms with Gasteiger partial charge in [-0.2, -0.15) is 5.10 Å². The lowest BCUT2D eigenvalue weighted by molar-refractivity contribution is 0.0512. The zero-order valence-corrected chi connectivity index (χ0v) is 10.8. The van der Waals surface area contributed by atoms with E-state index in [0.717, 1.165) is 11.1 Å². The molecule has 5 nitrogen and oxygen atoms in total. The molecule has 0 amide bonds. The minimum atomic E-state index is -0.518. The minimum absolute atomic E-state index is 0.0891. The molecule has 1 aromatic carbocycles. The molecule has 1 aromatic heterocycles. The minimum Gasteiger partial charge on any atom is -0.460 e. The molecule has 0 bridgehead atoms. The molecule has 2 aromatic rings. The van der Waals surface area contributed by atoms with Gasteiger partial charge in [-0.05, 0) is 31.5 Å². The maximum absolute atomic E-state index is 11.5. The van der Waals surface area contributed by atoms with Crippen LogP contribution in [0.2, 0.25) is 5.02 Å². The zero-order valence-electron chi connectivity index (χ0n) is 10.0. The number of esters is 1. The van der Waals surface area contributed by atoms with Crippen LogP contribution < -0.4 is 0 Å². The molecular weight excluding hydrogens is 254 g/mol. The van der Waals surface area contributed by atoms with Gasteiger partial charge in [0.2, 0.25) is 5.82 Å².